The topological polar surface area (TPSA) is 146 Å². The minimum atomic E-state index is -1.45. The molecule has 0 radical (unpaired) electrons. The van der Waals surface area contributed by atoms with Gasteiger partial charge in [-0.1, -0.05) is 26.0 Å². The first-order valence-corrected chi connectivity index (χ1v) is 10.3. The lowest BCUT2D eigenvalue weighted by atomic mass is 10.1. The second-order valence-corrected chi connectivity index (χ2v) is 7.56. The van der Waals surface area contributed by atoms with Gasteiger partial charge in [0.25, 0.3) is 11.8 Å². The van der Waals surface area contributed by atoms with Crippen LogP contribution in [0.1, 0.15) is 24.2 Å². The molecule has 11 heteroatoms. The number of barbiturate groups is 1. The molecule has 0 aliphatic carbocycles. The summed E-state index contributed by atoms with van der Waals surface area (Å²) in [4.78, 5) is 62.3. The first-order valence-electron chi connectivity index (χ1n) is 10.3. The summed E-state index contributed by atoms with van der Waals surface area (Å²) in [6, 6.07) is 11.5. The molecule has 1 fully saturated rings. The van der Waals surface area contributed by atoms with Gasteiger partial charge in [0, 0.05) is 23.4 Å². The molecule has 1 heterocycles. The van der Waals surface area contributed by atoms with E-state index >= 15 is 0 Å². The molecule has 2 aromatic rings. The van der Waals surface area contributed by atoms with Gasteiger partial charge in [-0.05, 0) is 36.4 Å². The summed E-state index contributed by atoms with van der Waals surface area (Å²) >= 11 is 0. The fraction of sp³-hybridized carbons (Fsp3) is 0.217. The van der Waals surface area contributed by atoms with E-state index in [9.17, 15) is 24.0 Å². The van der Waals surface area contributed by atoms with Crippen LogP contribution in [0.2, 0.25) is 0 Å². The highest BCUT2D eigenvalue weighted by Gasteiger charge is 2.41. The molecule has 176 valence electrons. The van der Waals surface area contributed by atoms with Crippen LogP contribution in [-0.2, 0) is 14.4 Å². The number of imide groups is 2. The SMILES string of the molecule is COc1ccccc1N1C(=O)NC(=O)[C@H](/C=N\NC(=O)c2ccc(NC(=O)C(C)C)cc2)C1=O. The average molecular weight is 465 g/mol. The molecule has 0 spiro atoms. The highest BCUT2D eigenvalue weighted by atomic mass is 16.5. The van der Waals surface area contributed by atoms with Crippen molar-refractivity contribution < 1.29 is 28.7 Å². The van der Waals surface area contributed by atoms with Crippen molar-refractivity contribution in [3.05, 3.63) is 54.1 Å². The lowest BCUT2D eigenvalue weighted by molar-refractivity contribution is -0.131. The number of methoxy groups -OCH3 is 1. The molecule has 0 unspecified atom stereocenters. The van der Waals surface area contributed by atoms with Crippen molar-refractivity contribution >= 4 is 47.2 Å². The number of nitrogens with one attached hydrogen (secondary N) is 3. The summed E-state index contributed by atoms with van der Waals surface area (Å²) in [5, 5.41) is 8.52. The summed E-state index contributed by atoms with van der Waals surface area (Å²) in [6.45, 7) is 3.52. The van der Waals surface area contributed by atoms with Crippen LogP contribution < -0.4 is 25.7 Å². The Morgan fingerprint density at radius 2 is 1.76 bits per heavy atom. The first kappa shape index (κ1) is 24.1. The predicted molar refractivity (Wildman–Crippen MR) is 123 cm³/mol. The predicted octanol–water partition coefficient (Wildman–Crippen LogP) is 1.90. The minimum absolute atomic E-state index is 0.155. The summed E-state index contributed by atoms with van der Waals surface area (Å²) in [7, 11) is 1.38. The molecule has 2 aromatic carbocycles. The molecule has 6 amide bonds. The van der Waals surface area contributed by atoms with Crippen molar-refractivity contribution in [3.63, 3.8) is 0 Å². The van der Waals surface area contributed by atoms with Gasteiger partial charge in [0.2, 0.25) is 11.8 Å². The van der Waals surface area contributed by atoms with Gasteiger partial charge in [-0.25, -0.2) is 15.1 Å². The van der Waals surface area contributed by atoms with E-state index in [2.05, 4.69) is 21.2 Å². The number of anilines is 2. The number of hydrogen-bond acceptors (Lipinski definition) is 7. The average Bonchev–Trinajstić information content (AvgIpc) is 2.81. The molecular formula is C23H23N5O6. The number of ether oxygens (including phenoxy) is 1. The summed E-state index contributed by atoms with van der Waals surface area (Å²) in [5.74, 6) is -3.84. The number of hydrogen-bond donors (Lipinski definition) is 3. The smallest absolute Gasteiger partial charge is 0.335 e. The Morgan fingerprint density at radius 1 is 1.09 bits per heavy atom. The maximum Gasteiger partial charge on any atom is 0.335 e. The van der Waals surface area contributed by atoms with E-state index in [1.165, 1.54) is 25.3 Å². The standard InChI is InChI=1S/C23H23N5O6/c1-13(2)19(29)25-15-10-8-14(9-11-15)20(30)27-24-12-16-21(31)26-23(33)28(22(16)32)17-6-4-5-7-18(17)34-3/h4-13,16H,1-3H3,(H,25,29)(H,27,30)(H,26,31,33)/b24-12-/t16-/m0/s1. The van der Waals surface area contributed by atoms with E-state index in [1.54, 1.807) is 44.2 Å². The van der Waals surface area contributed by atoms with Crippen molar-refractivity contribution in [2.45, 2.75) is 13.8 Å². The van der Waals surface area contributed by atoms with Crippen molar-refractivity contribution in [2.75, 3.05) is 17.3 Å². The van der Waals surface area contributed by atoms with Crippen molar-refractivity contribution in [3.8, 4) is 5.75 Å². The number of benzene rings is 2. The maximum absolute atomic E-state index is 12.9. The third-order valence-corrected chi connectivity index (χ3v) is 4.86. The number of para-hydroxylation sites is 2. The van der Waals surface area contributed by atoms with Gasteiger partial charge in [0.1, 0.15) is 5.75 Å². The normalized spacial score (nSPS) is 15.9. The summed E-state index contributed by atoms with van der Waals surface area (Å²) in [6.07, 6.45) is 0.946. The zero-order chi connectivity index (χ0) is 24.8. The van der Waals surface area contributed by atoms with Crippen molar-refractivity contribution in [2.24, 2.45) is 16.9 Å². The van der Waals surface area contributed by atoms with Crippen LogP contribution in [0.15, 0.2) is 53.6 Å². The van der Waals surface area contributed by atoms with Gasteiger partial charge in [0.15, 0.2) is 5.92 Å². The first-order chi connectivity index (χ1) is 16.2. The molecule has 0 bridgehead atoms. The van der Waals surface area contributed by atoms with Gasteiger partial charge in [-0.15, -0.1) is 0 Å². The maximum atomic E-state index is 12.9. The van der Waals surface area contributed by atoms with E-state index < -0.39 is 29.7 Å². The van der Waals surface area contributed by atoms with Crippen molar-refractivity contribution in [1.82, 2.24) is 10.7 Å². The monoisotopic (exact) mass is 465 g/mol. The highest BCUT2D eigenvalue weighted by Crippen LogP contribution is 2.30. The van der Waals surface area contributed by atoms with E-state index in [0.717, 1.165) is 11.1 Å². The summed E-state index contributed by atoms with van der Waals surface area (Å²) < 4.78 is 5.19. The number of urea groups is 1. The molecule has 1 atom stereocenters. The third-order valence-electron chi connectivity index (χ3n) is 4.86. The summed E-state index contributed by atoms with van der Waals surface area (Å²) in [5.41, 5.74) is 3.17. The Balaban J connectivity index is 1.69. The molecular weight excluding hydrogens is 442 g/mol. The lowest BCUT2D eigenvalue weighted by Crippen LogP contribution is -2.58. The Kier molecular flexibility index (Phi) is 7.36. The van der Waals surface area contributed by atoms with Gasteiger partial charge >= 0.3 is 6.03 Å². The largest absolute Gasteiger partial charge is 0.495 e. The van der Waals surface area contributed by atoms with Crippen LogP contribution in [0.3, 0.4) is 0 Å². The van der Waals surface area contributed by atoms with Crippen LogP contribution >= 0.6 is 0 Å². The number of hydrazone groups is 1. The van der Waals surface area contributed by atoms with E-state index in [0.29, 0.717) is 5.69 Å². The van der Waals surface area contributed by atoms with Gasteiger partial charge in [0.05, 0.1) is 12.8 Å². The fourth-order valence-electron chi connectivity index (χ4n) is 2.99. The Bertz CT molecular complexity index is 1160. The molecule has 1 saturated heterocycles. The van der Waals surface area contributed by atoms with Crippen LogP contribution in [0, 0.1) is 11.8 Å². The number of carbonyl (C=O) groups is 5. The highest BCUT2D eigenvalue weighted by molar-refractivity contribution is 6.33. The van der Waals surface area contributed by atoms with Crippen LogP contribution in [0.25, 0.3) is 0 Å². The van der Waals surface area contributed by atoms with Crippen LogP contribution in [0.4, 0.5) is 16.2 Å². The number of nitrogens with zero attached hydrogens (tertiary/aromatic N) is 2. The van der Waals surface area contributed by atoms with E-state index in [-0.39, 0.29) is 28.8 Å². The molecule has 1 aliphatic heterocycles. The van der Waals surface area contributed by atoms with Gasteiger partial charge in [-0.2, -0.15) is 5.10 Å². The van der Waals surface area contributed by atoms with Crippen LogP contribution in [0.5, 0.6) is 5.75 Å². The van der Waals surface area contributed by atoms with Gasteiger partial charge in [-0.3, -0.25) is 24.5 Å². The molecule has 3 N–H and O–H groups in total. The van der Waals surface area contributed by atoms with Gasteiger partial charge < -0.3 is 10.1 Å². The second-order valence-electron chi connectivity index (χ2n) is 7.56. The van der Waals surface area contributed by atoms with E-state index in [1.807, 2.05) is 0 Å². The zero-order valence-corrected chi connectivity index (χ0v) is 18.7. The van der Waals surface area contributed by atoms with Crippen LogP contribution in [-0.4, -0.2) is 43.0 Å². The van der Waals surface area contributed by atoms with Crippen molar-refractivity contribution in [1.29, 1.82) is 0 Å². The fourth-order valence-corrected chi connectivity index (χ4v) is 2.99. The number of carbonyl (C=O) groups excluding carboxylic acids is 5. The quantitative estimate of drug-likeness (QED) is 0.323. The number of amides is 6. The molecule has 0 saturated carbocycles. The molecule has 0 aromatic heterocycles. The molecule has 34 heavy (non-hydrogen) atoms. The minimum Gasteiger partial charge on any atom is -0.495 e. The number of rotatable bonds is 7. The Hall–Kier alpha value is -4.54. The Morgan fingerprint density at radius 3 is 2.41 bits per heavy atom. The van der Waals surface area contributed by atoms with E-state index in [4.69, 9.17) is 4.74 Å². The molecule has 11 nitrogen and oxygen atoms in total. The Labute approximate surface area is 195 Å². The third kappa shape index (κ3) is 5.26. The lowest BCUT2D eigenvalue weighted by Gasteiger charge is -2.29. The zero-order valence-electron chi connectivity index (χ0n) is 18.7. The molecule has 3 rings (SSSR count). The molecule has 1 aliphatic rings. The second kappa shape index (κ2) is 10.4.